The number of hydrogen-bond donors (Lipinski definition) is 1. The van der Waals surface area contributed by atoms with E-state index < -0.39 is 10.7 Å². The maximum atomic E-state index is 13.3. The summed E-state index contributed by atoms with van der Waals surface area (Å²) in [6, 6.07) is 8.84. The van der Waals surface area contributed by atoms with Gasteiger partial charge in [0.15, 0.2) is 0 Å². The summed E-state index contributed by atoms with van der Waals surface area (Å²) < 4.78 is 14.2. The van der Waals surface area contributed by atoms with Gasteiger partial charge in [-0.2, -0.15) is 0 Å². The second-order valence-corrected chi connectivity index (χ2v) is 5.65. The van der Waals surface area contributed by atoms with E-state index >= 15 is 0 Å². The molecular formula is C13H9ClFIN2O2. The van der Waals surface area contributed by atoms with Gasteiger partial charge in [-0.15, -0.1) is 0 Å². The number of nitro groups is 1. The Morgan fingerprint density at radius 2 is 2.05 bits per heavy atom. The van der Waals surface area contributed by atoms with E-state index in [9.17, 15) is 14.5 Å². The molecule has 0 unspecified atom stereocenters. The van der Waals surface area contributed by atoms with Crippen molar-refractivity contribution in [2.75, 3.05) is 5.32 Å². The van der Waals surface area contributed by atoms with Gasteiger partial charge >= 0.3 is 0 Å². The van der Waals surface area contributed by atoms with Crippen LogP contribution >= 0.6 is 34.2 Å². The summed E-state index contributed by atoms with van der Waals surface area (Å²) in [5.74, 6) is -0.623. The largest absolute Gasteiger partial charge is 0.380 e. The van der Waals surface area contributed by atoms with Gasteiger partial charge in [-0.05, 0) is 52.4 Å². The molecule has 0 aliphatic heterocycles. The first-order chi connectivity index (χ1) is 9.45. The molecule has 0 saturated carbocycles. The van der Waals surface area contributed by atoms with Crippen molar-refractivity contribution in [2.45, 2.75) is 6.54 Å². The van der Waals surface area contributed by atoms with E-state index in [1.54, 1.807) is 18.2 Å². The van der Waals surface area contributed by atoms with Crippen molar-refractivity contribution >= 4 is 45.6 Å². The average molecular weight is 407 g/mol. The lowest BCUT2D eigenvalue weighted by Crippen LogP contribution is -2.02. The zero-order valence-electron chi connectivity index (χ0n) is 10.1. The van der Waals surface area contributed by atoms with Gasteiger partial charge in [-0.1, -0.05) is 11.6 Å². The van der Waals surface area contributed by atoms with Crippen LogP contribution in [0.2, 0.25) is 5.02 Å². The van der Waals surface area contributed by atoms with Crippen molar-refractivity contribution in [3.05, 3.63) is 66.5 Å². The van der Waals surface area contributed by atoms with Crippen LogP contribution in [0.3, 0.4) is 0 Å². The van der Waals surface area contributed by atoms with Crippen LogP contribution in [0.1, 0.15) is 5.56 Å². The molecule has 1 N–H and O–H groups in total. The van der Waals surface area contributed by atoms with Crippen LogP contribution < -0.4 is 5.32 Å². The van der Waals surface area contributed by atoms with Crippen molar-refractivity contribution in [2.24, 2.45) is 0 Å². The number of hydrogen-bond acceptors (Lipinski definition) is 3. The van der Waals surface area contributed by atoms with Crippen LogP contribution in [0.4, 0.5) is 15.8 Å². The lowest BCUT2D eigenvalue weighted by atomic mass is 10.2. The molecule has 0 fully saturated rings. The van der Waals surface area contributed by atoms with E-state index in [0.717, 1.165) is 15.3 Å². The van der Waals surface area contributed by atoms with E-state index in [1.165, 1.54) is 12.1 Å². The number of nitro benzene ring substituents is 1. The maximum absolute atomic E-state index is 13.3. The van der Waals surface area contributed by atoms with E-state index in [-0.39, 0.29) is 12.2 Å². The number of benzene rings is 2. The zero-order valence-corrected chi connectivity index (χ0v) is 13.0. The highest BCUT2D eigenvalue weighted by Gasteiger charge is 2.10. The van der Waals surface area contributed by atoms with E-state index in [1.807, 2.05) is 0 Å². The highest BCUT2D eigenvalue weighted by atomic mass is 127. The Hall–Kier alpha value is -1.41. The minimum atomic E-state index is -0.623. The Morgan fingerprint density at radius 3 is 2.70 bits per heavy atom. The van der Waals surface area contributed by atoms with Gasteiger partial charge in [0.1, 0.15) is 5.82 Å². The predicted molar refractivity (Wildman–Crippen MR) is 84.6 cm³/mol. The smallest absolute Gasteiger partial charge is 0.272 e. The van der Waals surface area contributed by atoms with Gasteiger partial charge in [0.25, 0.3) is 5.69 Å². The highest BCUT2D eigenvalue weighted by molar-refractivity contribution is 14.1. The molecule has 0 heterocycles. The molecule has 0 aromatic heterocycles. The fourth-order valence-corrected chi connectivity index (χ4v) is 2.73. The Morgan fingerprint density at radius 1 is 1.30 bits per heavy atom. The van der Waals surface area contributed by atoms with Gasteiger partial charge in [0, 0.05) is 26.9 Å². The SMILES string of the molecule is O=[N+]([O-])c1cc(F)cc(CNc2ccc(Cl)cc2I)c1. The first-order valence-electron chi connectivity index (χ1n) is 5.58. The van der Waals surface area contributed by atoms with Crippen molar-refractivity contribution in [1.82, 2.24) is 0 Å². The molecule has 0 amide bonds. The molecule has 20 heavy (non-hydrogen) atoms. The minimum absolute atomic E-state index is 0.257. The molecule has 4 nitrogen and oxygen atoms in total. The number of non-ortho nitro benzene ring substituents is 1. The summed E-state index contributed by atoms with van der Waals surface area (Å²) in [7, 11) is 0. The van der Waals surface area contributed by atoms with Gasteiger partial charge in [0.05, 0.1) is 11.0 Å². The Bertz CT molecular complexity index is 667. The molecule has 2 aromatic rings. The Labute approximate surface area is 133 Å². The molecule has 2 aromatic carbocycles. The van der Waals surface area contributed by atoms with Crippen LogP contribution in [-0.2, 0) is 6.54 Å². The molecule has 0 aliphatic rings. The van der Waals surface area contributed by atoms with Gasteiger partial charge in [-0.25, -0.2) is 4.39 Å². The van der Waals surface area contributed by atoms with Crippen LogP contribution in [0, 0.1) is 19.5 Å². The van der Waals surface area contributed by atoms with Crippen molar-refractivity contribution < 1.29 is 9.31 Å². The van der Waals surface area contributed by atoms with Gasteiger partial charge in [0.2, 0.25) is 0 Å². The van der Waals surface area contributed by atoms with Crippen LogP contribution in [-0.4, -0.2) is 4.92 Å². The molecule has 0 saturated heterocycles. The zero-order chi connectivity index (χ0) is 14.7. The number of anilines is 1. The first kappa shape index (κ1) is 15.0. The van der Waals surface area contributed by atoms with E-state index in [4.69, 9.17) is 11.6 Å². The second kappa shape index (κ2) is 6.36. The fraction of sp³-hybridized carbons (Fsp3) is 0.0769. The predicted octanol–water partition coefficient (Wildman–Crippen LogP) is 4.60. The molecule has 0 radical (unpaired) electrons. The highest BCUT2D eigenvalue weighted by Crippen LogP contribution is 2.23. The summed E-state index contributed by atoms with van der Waals surface area (Å²) in [6.45, 7) is 0.288. The quantitative estimate of drug-likeness (QED) is 0.458. The third-order valence-corrected chi connectivity index (χ3v) is 3.69. The van der Waals surface area contributed by atoms with Crippen LogP contribution in [0.5, 0.6) is 0 Å². The summed E-state index contributed by atoms with van der Waals surface area (Å²) in [4.78, 5) is 10.1. The third-order valence-electron chi connectivity index (χ3n) is 2.57. The van der Waals surface area contributed by atoms with Gasteiger partial charge < -0.3 is 5.32 Å². The topological polar surface area (TPSA) is 55.2 Å². The number of rotatable bonds is 4. The normalized spacial score (nSPS) is 10.3. The molecule has 0 bridgehead atoms. The molecule has 7 heteroatoms. The molecule has 0 spiro atoms. The second-order valence-electron chi connectivity index (χ2n) is 4.05. The molecule has 0 atom stereocenters. The average Bonchev–Trinajstić information content (AvgIpc) is 2.37. The summed E-state index contributed by atoms with van der Waals surface area (Å²) in [5, 5.41) is 14.4. The monoisotopic (exact) mass is 406 g/mol. The number of halogens is 3. The lowest BCUT2D eigenvalue weighted by molar-refractivity contribution is -0.385. The minimum Gasteiger partial charge on any atom is -0.380 e. The Kier molecular flexibility index (Phi) is 4.77. The summed E-state index contributed by atoms with van der Waals surface area (Å²) in [6.07, 6.45) is 0. The Balaban J connectivity index is 2.16. The standard InChI is InChI=1S/C13H9ClFIN2O2/c14-9-1-2-13(12(16)5-9)17-7-8-3-10(15)6-11(4-8)18(19)20/h1-6,17H,7H2. The van der Waals surface area contributed by atoms with Crippen molar-refractivity contribution in [1.29, 1.82) is 0 Å². The summed E-state index contributed by atoms with van der Waals surface area (Å²) in [5.41, 5.74) is 1.08. The maximum Gasteiger partial charge on any atom is 0.272 e. The molecular weight excluding hydrogens is 398 g/mol. The van der Waals surface area contributed by atoms with Crippen LogP contribution in [0.25, 0.3) is 0 Å². The third kappa shape index (κ3) is 3.80. The fourth-order valence-electron chi connectivity index (χ4n) is 1.67. The first-order valence-corrected chi connectivity index (χ1v) is 7.04. The van der Waals surface area contributed by atoms with Crippen molar-refractivity contribution in [3.63, 3.8) is 0 Å². The van der Waals surface area contributed by atoms with Gasteiger partial charge in [-0.3, -0.25) is 10.1 Å². The molecule has 104 valence electrons. The lowest BCUT2D eigenvalue weighted by Gasteiger charge is -2.09. The number of nitrogens with one attached hydrogen (secondary N) is 1. The van der Waals surface area contributed by atoms with Crippen LogP contribution in [0.15, 0.2) is 36.4 Å². The summed E-state index contributed by atoms with van der Waals surface area (Å²) >= 11 is 7.98. The number of nitrogens with zero attached hydrogens (tertiary/aromatic N) is 1. The molecule has 2 rings (SSSR count). The molecule has 0 aliphatic carbocycles. The van der Waals surface area contributed by atoms with Crippen molar-refractivity contribution in [3.8, 4) is 0 Å². The van der Waals surface area contributed by atoms with E-state index in [0.29, 0.717) is 10.6 Å². The van der Waals surface area contributed by atoms with E-state index in [2.05, 4.69) is 27.9 Å².